The van der Waals surface area contributed by atoms with E-state index in [0.717, 1.165) is 12.0 Å². The van der Waals surface area contributed by atoms with Crippen LogP contribution in [0.4, 0.5) is 0 Å². The maximum atomic E-state index is 12.7. The third-order valence-electron chi connectivity index (χ3n) is 5.35. The smallest absolute Gasteiger partial charge is 0.243 e. The molecule has 2 aromatic carbocycles. The molecule has 2 aromatic rings. The Kier molecular flexibility index (Phi) is 7.05. The van der Waals surface area contributed by atoms with Crippen LogP contribution < -0.4 is 0 Å². The number of rotatable bonds is 7. The molecule has 156 valence electrons. The quantitative estimate of drug-likeness (QED) is 0.696. The second kappa shape index (κ2) is 9.52. The summed E-state index contributed by atoms with van der Waals surface area (Å²) in [5, 5.41) is 0. The number of hydrogen-bond acceptors (Lipinski definition) is 4. The Morgan fingerprint density at radius 3 is 2.10 bits per heavy atom. The number of benzene rings is 2. The summed E-state index contributed by atoms with van der Waals surface area (Å²) in [7, 11) is -1.65. The van der Waals surface area contributed by atoms with Crippen molar-refractivity contribution in [3.05, 3.63) is 65.7 Å². The summed E-state index contributed by atoms with van der Waals surface area (Å²) in [4.78, 5) is 16.7. The van der Waals surface area contributed by atoms with Crippen molar-refractivity contribution in [2.45, 2.75) is 24.8 Å². The molecular weight excluding hydrogens is 386 g/mol. The fourth-order valence-electron chi connectivity index (χ4n) is 3.42. The lowest BCUT2D eigenvalue weighted by Crippen LogP contribution is -2.51. The third kappa shape index (κ3) is 5.44. The lowest BCUT2D eigenvalue weighted by molar-refractivity contribution is -0.131. The highest BCUT2D eigenvalue weighted by atomic mass is 32.2. The van der Waals surface area contributed by atoms with Crippen LogP contribution in [0.25, 0.3) is 0 Å². The van der Waals surface area contributed by atoms with Crippen molar-refractivity contribution in [2.75, 3.05) is 39.8 Å². The Morgan fingerprint density at radius 1 is 0.931 bits per heavy atom. The molecule has 0 radical (unpaired) electrons. The number of likely N-dealkylation sites (N-methyl/N-ethyl adjacent to an activating group) is 1. The van der Waals surface area contributed by atoms with Crippen molar-refractivity contribution in [2.24, 2.45) is 0 Å². The topological polar surface area (TPSA) is 60.9 Å². The van der Waals surface area contributed by atoms with Gasteiger partial charge in [0.15, 0.2) is 0 Å². The van der Waals surface area contributed by atoms with E-state index in [1.54, 1.807) is 35.2 Å². The van der Waals surface area contributed by atoms with E-state index >= 15 is 0 Å². The zero-order valence-electron chi connectivity index (χ0n) is 17.1. The zero-order valence-corrected chi connectivity index (χ0v) is 17.9. The Balaban J connectivity index is 1.50. The van der Waals surface area contributed by atoms with Crippen LogP contribution in [-0.2, 0) is 27.8 Å². The molecule has 7 heteroatoms. The van der Waals surface area contributed by atoms with Gasteiger partial charge in [-0.2, -0.15) is 4.31 Å². The second-order valence-corrected chi connectivity index (χ2v) is 9.35. The predicted octanol–water partition coefficient (Wildman–Crippen LogP) is 2.21. The van der Waals surface area contributed by atoms with E-state index in [4.69, 9.17) is 0 Å². The summed E-state index contributed by atoms with van der Waals surface area (Å²) in [5.41, 5.74) is 2.39. The SMILES string of the molecule is CCc1ccc(CN(C)C(=O)CN2CCN(S(=O)(=O)c3ccccc3)CC2)cc1. The molecule has 29 heavy (non-hydrogen) atoms. The standard InChI is InChI=1S/C22H29N3O3S/c1-3-19-9-11-20(12-10-19)17-23(2)22(26)18-24-13-15-25(16-14-24)29(27,28)21-7-5-4-6-8-21/h4-12H,3,13-18H2,1-2H3. The summed E-state index contributed by atoms with van der Waals surface area (Å²) in [6.07, 6.45) is 1.00. The molecule has 0 unspecified atom stereocenters. The molecule has 6 nitrogen and oxygen atoms in total. The van der Waals surface area contributed by atoms with Crippen LogP contribution in [0.15, 0.2) is 59.5 Å². The fourth-order valence-corrected chi connectivity index (χ4v) is 4.87. The van der Waals surface area contributed by atoms with Gasteiger partial charge in [0.05, 0.1) is 11.4 Å². The number of aryl methyl sites for hydroxylation is 1. The highest BCUT2D eigenvalue weighted by Gasteiger charge is 2.29. The van der Waals surface area contributed by atoms with Gasteiger partial charge in [0.25, 0.3) is 0 Å². The van der Waals surface area contributed by atoms with E-state index in [1.807, 2.05) is 11.9 Å². The molecule has 1 amide bonds. The molecule has 1 heterocycles. The Bertz CT molecular complexity index is 906. The van der Waals surface area contributed by atoms with Gasteiger partial charge in [-0.05, 0) is 29.7 Å². The minimum Gasteiger partial charge on any atom is -0.340 e. The van der Waals surface area contributed by atoms with E-state index in [1.165, 1.54) is 9.87 Å². The normalized spacial score (nSPS) is 15.9. The molecule has 0 atom stereocenters. The zero-order chi connectivity index (χ0) is 20.9. The highest BCUT2D eigenvalue weighted by molar-refractivity contribution is 7.89. The maximum absolute atomic E-state index is 12.7. The molecule has 1 saturated heterocycles. The first-order valence-corrected chi connectivity index (χ1v) is 11.4. The van der Waals surface area contributed by atoms with Crippen molar-refractivity contribution >= 4 is 15.9 Å². The minimum absolute atomic E-state index is 0.0453. The summed E-state index contributed by atoms with van der Waals surface area (Å²) >= 11 is 0. The van der Waals surface area contributed by atoms with Crippen molar-refractivity contribution in [1.29, 1.82) is 0 Å². The number of carbonyl (C=O) groups excluding carboxylic acids is 1. The lowest BCUT2D eigenvalue weighted by Gasteiger charge is -2.34. The van der Waals surface area contributed by atoms with Crippen molar-refractivity contribution in [3.8, 4) is 0 Å². The molecule has 1 aliphatic rings. The number of amides is 1. The van der Waals surface area contributed by atoms with Gasteiger partial charge in [0.2, 0.25) is 15.9 Å². The van der Waals surface area contributed by atoms with Gasteiger partial charge < -0.3 is 4.90 Å². The molecule has 1 fully saturated rings. The lowest BCUT2D eigenvalue weighted by atomic mass is 10.1. The van der Waals surface area contributed by atoms with Crippen molar-refractivity contribution in [1.82, 2.24) is 14.1 Å². The van der Waals surface area contributed by atoms with Crippen LogP contribution >= 0.6 is 0 Å². The average molecular weight is 416 g/mol. The van der Waals surface area contributed by atoms with Crippen LogP contribution in [-0.4, -0.2) is 68.2 Å². The van der Waals surface area contributed by atoms with Crippen LogP contribution in [0.3, 0.4) is 0 Å². The molecular formula is C22H29N3O3S. The predicted molar refractivity (Wildman–Crippen MR) is 114 cm³/mol. The number of piperazine rings is 1. The Labute approximate surface area is 173 Å². The molecule has 0 saturated carbocycles. The molecule has 0 aliphatic carbocycles. The average Bonchev–Trinajstić information content (AvgIpc) is 2.75. The second-order valence-electron chi connectivity index (χ2n) is 7.41. The van der Waals surface area contributed by atoms with Gasteiger partial charge in [-0.15, -0.1) is 0 Å². The Hall–Kier alpha value is -2.22. The highest BCUT2D eigenvalue weighted by Crippen LogP contribution is 2.17. The summed E-state index contributed by atoms with van der Waals surface area (Å²) < 4.78 is 26.9. The Morgan fingerprint density at radius 2 is 1.52 bits per heavy atom. The van der Waals surface area contributed by atoms with E-state index in [9.17, 15) is 13.2 Å². The first-order chi connectivity index (χ1) is 13.9. The van der Waals surface area contributed by atoms with Crippen molar-refractivity contribution < 1.29 is 13.2 Å². The first kappa shape index (κ1) is 21.5. The summed E-state index contributed by atoms with van der Waals surface area (Å²) in [6.45, 7) is 4.90. The van der Waals surface area contributed by atoms with Gasteiger partial charge in [0, 0.05) is 39.8 Å². The number of hydrogen-bond donors (Lipinski definition) is 0. The van der Waals surface area contributed by atoms with Crippen molar-refractivity contribution in [3.63, 3.8) is 0 Å². The molecule has 0 spiro atoms. The maximum Gasteiger partial charge on any atom is 0.243 e. The van der Waals surface area contributed by atoms with Gasteiger partial charge in [-0.1, -0.05) is 49.4 Å². The molecule has 0 bridgehead atoms. The number of carbonyl (C=O) groups is 1. The summed E-state index contributed by atoms with van der Waals surface area (Å²) in [5.74, 6) is 0.0453. The van der Waals surface area contributed by atoms with Gasteiger partial charge >= 0.3 is 0 Å². The summed E-state index contributed by atoms with van der Waals surface area (Å²) in [6, 6.07) is 16.8. The van der Waals surface area contributed by atoms with Gasteiger partial charge in [-0.3, -0.25) is 9.69 Å². The van der Waals surface area contributed by atoms with E-state index < -0.39 is 10.0 Å². The van der Waals surface area contributed by atoms with E-state index in [2.05, 4.69) is 31.2 Å². The minimum atomic E-state index is -3.47. The van der Waals surface area contributed by atoms with Crippen LogP contribution in [0, 0.1) is 0 Å². The number of nitrogens with zero attached hydrogens (tertiary/aromatic N) is 3. The van der Waals surface area contributed by atoms with Gasteiger partial charge in [-0.25, -0.2) is 8.42 Å². The molecule has 1 aliphatic heterocycles. The first-order valence-electron chi connectivity index (χ1n) is 9.99. The van der Waals surface area contributed by atoms with E-state index in [-0.39, 0.29) is 5.91 Å². The fraction of sp³-hybridized carbons (Fsp3) is 0.409. The van der Waals surface area contributed by atoms with Crippen LogP contribution in [0.2, 0.25) is 0 Å². The molecule has 0 aromatic heterocycles. The van der Waals surface area contributed by atoms with E-state index in [0.29, 0.717) is 44.2 Å². The van der Waals surface area contributed by atoms with Crippen LogP contribution in [0.1, 0.15) is 18.1 Å². The molecule has 0 N–H and O–H groups in total. The van der Waals surface area contributed by atoms with Gasteiger partial charge in [0.1, 0.15) is 0 Å². The third-order valence-corrected chi connectivity index (χ3v) is 7.26. The molecule has 3 rings (SSSR count). The largest absolute Gasteiger partial charge is 0.340 e. The monoisotopic (exact) mass is 415 g/mol. The number of sulfonamides is 1. The van der Waals surface area contributed by atoms with Crippen LogP contribution in [0.5, 0.6) is 0 Å².